The van der Waals surface area contributed by atoms with Gasteiger partial charge < -0.3 is 19.7 Å². The minimum Gasteiger partial charge on any atom is -0.493 e. The second-order valence-corrected chi connectivity index (χ2v) is 5.02. The third kappa shape index (κ3) is 4.48. The fourth-order valence-corrected chi connectivity index (χ4v) is 1.78. The SMILES string of the molecule is OCC(CO)(COc1ccccc1)COc1ccccc1. The van der Waals surface area contributed by atoms with Crippen molar-refractivity contribution in [1.82, 2.24) is 0 Å². The van der Waals surface area contributed by atoms with Crippen LogP contribution in [0, 0.1) is 5.41 Å². The molecule has 0 aliphatic rings. The van der Waals surface area contributed by atoms with Gasteiger partial charge >= 0.3 is 0 Å². The van der Waals surface area contributed by atoms with Gasteiger partial charge in [-0.2, -0.15) is 0 Å². The molecular formula is C17H20O4. The third-order valence-corrected chi connectivity index (χ3v) is 3.25. The van der Waals surface area contributed by atoms with Crippen LogP contribution in [0.3, 0.4) is 0 Å². The van der Waals surface area contributed by atoms with Gasteiger partial charge in [0.05, 0.1) is 18.6 Å². The molecule has 2 N–H and O–H groups in total. The second kappa shape index (κ2) is 7.67. The highest BCUT2D eigenvalue weighted by Crippen LogP contribution is 2.21. The summed E-state index contributed by atoms with van der Waals surface area (Å²) in [5, 5.41) is 19.2. The number of para-hydroxylation sites is 2. The predicted molar refractivity (Wildman–Crippen MR) is 80.5 cm³/mol. The molecule has 0 aromatic heterocycles. The molecule has 2 rings (SSSR count). The zero-order valence-corrected chi connectivity index (χ0v) is 11.8. The molecule has 0 unspecified atom stereocenters. The van der Waals surface area contributed by atoms with Gasteiger partial charge in [0.25, 0.3) is 0 Å². The number of hydrogen-bond acceptors (Lipinski definition) is 4. The highest BCUT2D eigenvalue weighted by Gasteiger charge is 2.31. The van der Waals surface area contributed by atoms with Crippen LogP contribution in [0.25, 0.3) is 0 Å². The summed E-state index contributed by atoms with van der Waals surface area (Å²) >= 11 is 0. The van der Waals surface area contributed by atoms with Crippen molar-refractivity contribution >= 4 is 0 Å². The number of ether oxygens (including phenoxy) is 2. The lowest BCUT2D eigenvalue weighted by Crippen LogP contribution is -2.41. The van der Waals surface area contributed by atoms with E-state index in [1.807, 2.05) is 60.7 Å². The van der Waals surface area contributed by atoms with Gasteiger partial charge in [-0.15, -0.1) is 0 Å². The molecule has 0 bridgehead atoms. The van der Waals surface area contributed by atoms with Gasteiger partial charge in [0.1, 0.15) is 24.7 Å². The van der Waals surface area contributed by atoms with E-state index in [2.05, 4.69) is 0 Å². The zero-order valence-electron chi connectivity index (χ0n) is 11.8. The first-order valence-electron chi connectivity index (χ1n) is 6.85. The molecule has 0 amide bonds. The van der Waals surface area contributed by atoms with Crippen LogP contribution in [0.1, 0.15) is 0 Å². The van der Waals surface area contributed by atoms with Crippen molar-refractivity contribution in [2.75, 3.05) is 26.4 Å². The molecule has 0 atom stereocenters. The summed E-state index contributed by atoms with van der Waals surface area (Å²) in [6.07, 6.45) is 0. The van der Waals surface area contributed by atoms with E-state index in [0.717, 1.165) is 0 Å². The first-order valence-corrected chi connectivity index (χ1v) is 6.85. The summed E-state index contributed by atoms with van der Waals surface area (Å²) in [4.78, 5) is 0. The lowest BCUT2D eigenvalue weighted by atomic mass is 9.92. The topological polar surface area (TPSA) is 58.9 Å². The Bertz CT molecular complexity index is 463. The van der Waals surface area contributed by atoms with E-state index >= 15 is 0 Å². The van der Waals surface area contributed by atoms with Crippen LogP contribution < -0.4 is 9.47 Å². The van der Waals surface area contributed by atoms with Gasteiger partial charge in [0.15, 0.2) is 0 Å². The number of benzene rings is 2. The molecule has 0 radical (unpaired) electrons. The maximum absolute atomic E-state index is 9.61. The Morgan fingerprint density at radius 1 is 0.667 bits per heavy atom. The summed E-state index contributed by atoms with van der Waals surface area (Å²) in [5.41, 5.74) is -0.842. The van der Waals surface area contributed by atoms with E-state index in [9.17, 15) is 10.2 Å². The molecule has 4 nitrogen and oxygen atoms in total. The Morgan fingerprint density at radius 3 is 1.38 bits per heavy atom. The molecule has 0 saturated carbocycles. The fourth-order valence-electron chi connectivity index (χ4n) is 1.78. The number of rotatable bonds is 8. The average molecular weight is 288 g/mol. The van der Waals surface area contributed by atoms with Crippen LogP contribution in [0.4, 0.5) is 0 Å². The molecule has 0 fully saturated rings. The highest BCUT2D eigenvalue weighted by atomic mass is 16.5. The molecule has 112 valence electrons. The first kappa shape index (κ1) is 15.4. The largest absolute Gasteiger partial charge is 0.493 e. The quantitative estimate of drug-likeness (QED) is 0.781. The predicted octanol–water partition coefficient (Wildman–Crippen LogP) is 2.12. The number of aliphatic hydroxyl groups excluding tert-OH is 2. The van der Waals surface area contributed by atoms with Crippen LogP contribution in [-0.4, -0.2) is 36.6 Å². The summed E-state index contributed by atoms with van der Waals surface area (Å²) in [5.74, 6) is 1.40. The van der Waals surface area contributed by atoms with Crippen molar-refractivity contribution in [2.45, 2.75) is 0 Å². The molecule has 4 heteroatoms. The molecule has 21 heavy (non-hydrogen) atoms. The molecule has 0 spiro atoms. The smallest absolute Gasteiger partial charge is 0.119 e. The standard InChI is InChI=1S/C17H20O4/c18-11-17(12-19,13-20-15-7-3-1-4-8-15)14-21-16-9-5-2-6-10-16/h1-10,18-19H,11-14H2. The Balaban J connectivity index is 1.95. The minimum absolute atomic E-state index is 0.177. The van der Waals surface area contributed by atoms with Crippen LogP contribution in [-0.2, 0) is 0 Å². The van der Waals surface area contributed by atoms with Crippen molar-refractivity contribution in [3.8, 4) is 11.5 Å². The average Bonchev–Trinajstić information content (AvgIpc) is 2.58. The van der Waals surface area contributed by atoms with Crippen LogP contribution in [0.5, 0.6) is 11.5 Å². The van der Waals surface area contributed by atoms with E-state index in [4.69, 9.17) is 9.47 Å². The zero-order chi connectivity index (χ0) is 15.0. The fraction of sp³-hybridized carbons (Fsp3) is 0.294. The molecule has 2 aromatic carbocycles. The second-order valence-electron chi connectivity index (χ2n) is 5.02. The maximum Gasteiger partial charge on any atom is 0.119 e. The molecule has 0 aliphatic carbocycles. The first-order chi connectivity index (χ1) is 10.3. The molecule has 2 aromatic rings. The summed E-state index contributed by atoms with van der Waals surface area (Å²) < 4.78 is 11.3. The van der Waals surface area contributed by atoms with E-state index in [1.165, 1.54) is 0 Å². The van der Waals surface area contributed by atoms with Crippen LogP contribution in [0.2, 0.25) is 0 Å². The maximum atomic E-state index is 9.61. The van der Waals surface area contributed by atoms with Gasteiger partial charge in [-0.1, -0.05) is 36.4 Å². The molecule has 0 heterocycles. The highest BCUT2D eigenvalue weighted by molar-refractivity contribution is 5.22. The monoisotopic (exact) mass is 288 g/mol. The molecule has 0 saturated heterocycles. The van der Waals surface area contributed by atoms with Crippen molar-refractivity contribution in [3.63, 3.8) is 0 Å². The molecule has 0 aliphatic heterocycles. The van der Waals surface area contributed by atoms with Gasteiger partial charge in [-0.05, 0) is 24.3 Å². The summed E-state index contributed by atoms with van der Waals surface area (Å²) in [6.45, 7) is -0.0833. The van der Waals surface area contributed by atoms with E-state index in [0.29, 0.717) is 11.5 Å². The van der Waals surface area contributed by atoms with Crippen molar-refractivity contribution < 1.29 is 19.7 Å². The van der Waals surface area contributed by atoms with Crippen molar-refractivity contribution in [1.29, 1.82) is 0 Å². The van der Waals surface area contributed by atoms with Crippen LogP contribution >= 0.6 is 0 Å². The Labute approximate surface area is 124 Å². The third-order valence-electron chi connectivity index (χ3n) is 3.25. The molecular weight excluding hydrogens is 268 g/mol. The summed E-state index contributed by atoms with van der Waals surface area (Å²) in [6, 6.07) is 18.6. The number of hydrogen-bond donors (Lipinski definition) is 2. The minimum atomic E-state index is -0.842. The Hall–Kier alpha value is -2.04. The van der Waals surface area contributed by atoms with Gasteiger partial charge in [0, 0.05) is 0 Å². The van der Waals surface area contributed by atoms with E-state index < -0.39 is 5.41 Å². The lowest BCUT2D eigenvalue weighted by molar-refractivity contribution is -0.0186. The van der Waals surface area contributed by atoms with Gasteiger partial charge in [-0.25, -0.2) is 0 Å². The van der Waals surface area contributed by atoms with Crippen molar-refractivity contribution in [2.24, 2.45) is 5.41 Å². The van der Waals surface area contributed by atoms with Gasteiger partial charge in [-0.3, -0.25) is 0 Å². The van der Waals surface area contributed by atoms with Gasteiger partial charge in [0.2, 0.25) is 0 Å². The normalized spacial score (nSPS) is 11.1. The van der Waals surface area contributed by atoms with Crippen LogP contribution in [0.15, 0.2) is 60.7 Å². The van der Waals surface area contributed by atoms with E-state index in [1.54, 1.807) is 0 Å². The van der Waals surface area contributed by atoms with Crippen molar-refractivity contribution in [3.05, 3.63) is 60.7 Å². The lowest BCUT2D eigenvalue weighted by Gasteiger charge is -2.29. The van der Waals surface area contributed by atoms with E-state index in [-0.39, 0.29) is 26.4 Å². The summed E-state index contributed by atoms with van der Waals surface area (Å²) in [7, 11) is 0. The Kier molecular flexibility index (Phi) is 5.60. The Morgan fingerprint density at radius 2 is 1.05 bits per heavy atom. The number of aliphatic hydroxyl groups is 2.